The van der Waals surface area contributed by atoms with Crippen molar-refractivity contribution >= 4 is 40.3 Å². The van der Waals surface area contributed by atoms with Gasteiger partial charge in [-0.1, -0.05) is 18.2 Å². The normalized spacial score (nSPS) is 16.8. The number of benzene rings is 2. The fourth-order valence-corrected chi connectivity index (χ4v) is 3.87. The van der Waals surface area contributed by atoms with E-state index in [-0.39, 0.29) is 5.91 Å². The van der Waals surface area contributed by atoms with E-state index in [2.05, 4.69) is 39.8 Å². The van der Waals surface area contributed by atoms with Crippen molar-refractivity contribution in [2.45, 2.75) is 19.4 Å². The third kappa shape index (κ3) is 5.05. The van der Waals surface area contributed by atoms with Crippen LogP contribution in [-0.4, -0.2) is 43.9 Å². The van der Waals surface area contributed by atoms with Crippen LogP contribution in [0.4, 0.5) is 17.1 Å². The Kier molecular flexibility index (Phi) is 6.27. The lowest BCUT2D eigenvalue weighted by atomic mass is 10.2. The first-order valence-electron chi connectivity index (χ1n) is 10.1. The molecule has 2 aromatic rings. The molecule has 0 bridgehead atoms. The van der Waals surface area contributed by atoms with Gasteiger partial charge in [0.25, 0.3) is 0 Å². The zero-order valence-corrected chi connectivity index (χ0v) is 17.2. The Morgan fingerprint density at radius 3 is 2.55 bits per heavy atom. The van der Waals surface area contributed by atoms with Crippen LogP contribution in [0, 0.1) is 0 Å². The predicted octanol–water partition coefficient (Wildman–Crippen LogP) is 3.14. The number of nitrogens with zero attached hydrogens (tertiary/aromatic N) is 2. The summed E-state index contributed by atoms with van der Waals surface area (Å²) >= 11 is 5.44. The van der Waals surface area contributed by atoms with Gasteiger partial charge in [-0.05, 0) is 54.5 Å². The fraction of sp³-hybridized carbons (Fsp3) is 0.364. The van der Waals surface area contributed by atoms with Crippen molar-refractivity contribution in [3.8, 4) is 0 Å². The van der Waals surface area contributed by atoms with Crippen molar-refractivity contribution in [1.82, 2.24) is 5.32 Å². The highest BCUT2D eigenvalue weighted by Crippen LogP contribution is 2.24. The van der Waals surface area contributed by atoms with E-state index in [1.807, 2.05) is 29.2 Å². The van der Waals surface area contributed by atoms with E-state index >= 15 is 0 Å². The van der Waals surface area contributed by atoms with Crippen molar-refractivity contribution < 1.29 is 9.53 Å². The average molecular weight is 411 g/mol. The largest absolute Gasteiger partial charge is 0.378 e. The second-order valence-electron chi connectivity index (χ2n) is 7.27. The monoisotopic (exact) mass is 410 g/mol. The van der Waals surface area contributed by atoms with Crippen LogP contribution in [0.2, 0.25) is 0 Å². The molecule has 0 atom stereocenters. The molecular weight excluding hydrogens is 384 g/mol. The summed E-state index contributed by atoms with van der Waals surface area (Å²) in [4.78, 5) is 16.1. The first-order valence-corrected chi connectivity index (χ1v) is 10.5. The number of morpholine rings is 1. The smallest absolute Gasteiger partial charge is 0.227 e. The minimum atomic E-state index is 0.184. The van der Waals surface area contributed by atoms with Gasteiger partial charge in [-0.2, -0.15) is 0 Å². The van der Waals surface area contributed by atoms with Crippen molar-refractivity contribution in [3.05, 3.63) is 54.1 Å². The molecule has 4 rings (SSSR count). The molecule has 2 aliphatic rings. The first kappa shape index (κ1) is 19.7. The van der Waals surface area contributed by atoms with Gasteiger partial charge in [-0.3, -0.25) is 4.79 Å². The van der Waals surface area contributed by atoms with E-state index in [9.17, 15) is 4.79 Å². The van der Waals surface area contributed by atoms with E-state index in [1.54, 1.807) is 0 Å². The Balaban J connectivity index is 1.29. The molecule has 1 amide bonds. The summed E-state index contributed by atoms with van der Waals surface area (Å²) in [7, 11) is 0. The molecule has 29 heavy (non-hydrogen) atoms. The van der Waals surface area contributed by atoms with Crippen molar-refractivity contribution in [3.63, 3.8) is 0 Å². The zero-order chi connectivity index (χ0) is 20.1. The molecule has 0 unspecified atom stereocenters. The molecule has 2 heterocycles. The summed E-state index contributed by atoms with van der Waals surface area (Å²) < 4.78 is 5.41. The maximum Gasteiger partial charge on any atom is 0.227 e. The molecule has 0 saturated carbocycles. The van der Waals surface area contributed by atoms with E-state index in [0.717, 1.165) is 50.6 Å². The van der Waals surface area contributed by atoms with Crippen LogP contribution in [-0.2, 0) is 16.1 Å². The molecular formula is C22H26N4O2S. The van der Waals surface area contributed by atoms with Crippen molar-refractivity contribution in [1.29, 1.82) is 0 Å². The van der Waals surface area contributed by atoms with Crippen LogP contribution < -0.4 is 20.4 Å². The van der Waals surface area contributed by atoms with E-state index in [4.69, 9.17) is 17.0 Å². The van der Waals surface area contributed by atoms with Crippen LogP contribution >= 0.6 is 12.2 Å². The van der Waals surface area contributed by atoms with Gasteiger partial charge in [0.1, 0.15) is 0 Å². The number of carbonyl (C=O) groups is 1. The predicted molar refractivity (Wildman–Crippen MR) is 121 cm³/mol. The first-order chi connectivity index (χ1) is 14.2. The molecule has 2 N–H and O–H groups in total. The molecule has 0 aromatic heterocycles. The van der Waals surface area contributed by atoms with Gasteiger partial charge in [0.05, 0.1) is 13.2 Å². The maximum absolute atomic E-state index is 12.0. The highest BCUT2D eigenvalue weighted by molar-refractivity contribution is 7.80. The van der Waals surface area contributed by atoms with Gasteiger partial charge < -0.3 is 25.2 Å². The maximum atomic E-state index is 12.0. The Labute approximate surface area is 176 Å². The third-order valence-electron chi connectivity index (χ3n) is 5.25. The second kappa shape index (κ2) is 9.24. The minimum absolute atomic E-state index is 0.184. The molecule has 6 nitrogen and oxygen atoms in total. The van der Waals surface area contributed by atoms with Crippen LogP contribution in [0.25, 0.3) is 0 Å². The highest BCUT2D eigenvalue weighted by atomic mass is 32.1. The number of amides is 1. The lowest BCUT2D eigenvalue weighted by molar-refractivity contribution is -0.117. The Morgan fingerprint density at radius 2 is 1.83 bits per heavy atom. The molecule has 0 aliphatic carbocycles. The highest BCUT2D eigenvalue weighted by Gasteiger charge is 2.21. The number of hydrogen-bond acceptors (Lipinski definition) is 4. The van der Waals surface area contributed by atoms with Crippen LogP contribution in [0.5, 0.6) is 0 Å². The molecule has 2 fully saturated rings. The quantitative estimate of drug-likeness (QED) is 0.739. The molecule has 0 spiro atoms. The van der Waals surface area contributed by atoms with E-state index in [0.29, 0.717) is 18.1 Å². The minimum Gasteiger partial charge on any atom is -0.378 e. The summed E-state index contributed by atoms with van der Waals surface area (Å²) in [6, 6.07) is 16.4. The summed E-state index contributed by atoms with van der Waals surface area (Å²) in [5, 5.41) is 7.03. The summed E-state index contributed by atoms with van der Waals surface area (Å²) in [6.45, 7) is 4.89. The van der Waals surface area contributed by atoms with Crippen LogP contribution in [0.1, 0.15) is 18.4 Å². The number of thiocarbonyl (C=S) groups is 1. The SMILES string of the molecule is O=C1CCCN1c1cccc(NC(=S)NCc2ccc(N3CCOCC3)cc2)c1. The lowest BCUT2D eigenvalue weighted by Crippen LogP contribution is -2.36. The number of carbonyl (C=O) groups excluding carboxylic acids is 1. The topological polar surface area (TPSA) is 56.8 Å². The molecule has 0 radical (unpaired) electrons. The summed E-state index contributed by atoms with van der Waals surface area (Å²) in [5.74, 6) is 0.184. The molecule has 2 aromatic carbocycles. The molecule has 2 aliphatic heterocycles. The van der Waals surface area contributed by atoms with Crippen LogP contribution in [0.3, 0.4) is 0 Å². The Morgan fingerprint density at radius 1 is 1.03 bits per heavy atom. The summed E-state index contributed by atoms with van der Waals surface area (Å²) in [6.07, 6.45) is 1.54. The Bertz CT molecular complexity index is 865. The Hall–Kier alpha value is -2.64. The van der Waals surface area contributed by atoms with Gasteiger partial charge >= 0.3 is 0 Å². The van der Waals surface area contributed by atoms with Gasteiger partial charge in [-0.15, -0.1) is 0 Å². The van der Waals surface area contributed by atoms with Crippen molar-refractivity contribution in [2.75, 3.05) is 48.0 Å². The van der Waals surface area contributed by atoms with Crippen LogP contribution in [0.15, 0.2) is 48.5 Å². The van der Waals surface area contributed by atoms with Crippen molar-refractivity contribution in [2.24, 2.45) is 0 Å². The molecule has 7 heteroatoms. The average Bonchev–Trinajstić information content (AvgIpc) is 3.19. The fourth-order valence-electron chi connectivity index (χ4n) is 3.68. The van der Waals surface area contributed by atoms with Gasteiger partial charge in [0.15, 0.2) is 5.11 Å². The molecule has 152 valence electrons. The zero-order valence-electron chi connectivity index (χ0n) is 16.4. The van der Waals surface area contributed by atoms with E-state index < -0.39 is 0 Å². The van der Waals surface area contributed by atoms with Gasteiger partial charge in [-0.25, -0.2) is 0 Å². The number of hydrogen-bond donors (Lipinski definition) is 2. The summed E-state index contributed by atoms with van der Waals surface area (Å²) in [5.41, 5.74) is 4.19. The van der Waals surface area contributed by atoms with Gasteiger partial charge in [0, 0.05) is 49.7 Å². The number of anilines is 3. The standard InChI is InChI=1S/C22H26N4O2S/c27-21-5-2-10-26(21)20-4-1-3-18(15-20)24-22(29)23-16-17-6-8-19(9-7-17)25-11-13-28-14-12-25/h1,3-4,6-9,15H,2,5,10-14,16H2,(H2,23,24,29). The number of rotatable bonds is 5. The third-order valence-corrected chi connectivity index (χ3v) is 5.50. The number of nitrogens with one attached hydrogen (secondary N) is 2. The second-order valence-corrected chi connectivity index (χ2v) is 7.68. The lowest BCUT2D eigenvalue weighted by Gasteiger charge is -2.28. The van der Waals surface area contributed by atoms with E-state index in [1.165, 1.54) is 11.3 Å². The number of ether oxygens (including phenoxy) is 1. The van der Waals surface area contributed by atoms with Gasteiger partial charge in [0.2, 0.25) is 5.91 Å². The molecule has 2 saturated heterocycles.